The Kier molecular flexibility index (Phi) is 4.78. The molecule has 0 amide bonds. The van der Waals surface area contributed by atoms with Gasteiger partial charge < -0.3 is 25.2 Å². The number of carbonyl (C=O) groups excluding carboxylic acids is 2. The van der Waals surface area contributed by atoms with Gasteiger partial charge in [0.2, 0.25) is 0 Å². The average Bonchev–Trinajstić information content (AvgIpc) is 2.91. The first kappa shape index (κ1) is 22.1. The highest BCUT2D eigenvalue weighted by molar-refractivity contribution is 6.33. The van der Waals surface area contributed by atoms with Gasteiger partial charge in [-0.15, -0.1) is 0 Å². The van der Waals surface area contributed by atoms with Crippen LogP contribution in [-0.2, 0) is 9.53 Å². The van der Waals surface area contributed by atoms with E-state index < -0.39 is 34.9 Å². The summed E-state index contributed by atoms with van der Waals surface area (Å²) in [5, 5.41) is 42.4. The molecule has 3 aliphatic carbocycles. The van der Waals surface area contributed by atoms with Gasteiger partial charge in [-0.3, -0.25) is 4.79 Å². The minimum Gasteiger partial charge on any atom is -0.507 e. The summed E-state index contributed by atoms with van der Waals surface area (Å²) in [5.41, 5.74) is -2.91. The van der Waals surface area contributed by atoms with Gasteiger partial charge >= 0.3 is 5.97 Å². The second kappa shape index (κ2) is 6.70. The van der Waals surface area contributed by atoms with Crippen molar-refractivity contribution < 1.29 is 34.8 Å². The van der Waals surface area contributed by atoms with E-state index in [-0.39, 0.29) is 51.1 Å². The third kappa shape index (κ3) is 2.73. The first-order valence-electron chi connectivity index (χ1n) is 10.3. The fourth-order valence-corrected chi connectivity index (χ4v) is 6.36. The normalized spacial score (nSPS) is 37.8. The van der Waals surface area contributed by atoms with Gasteiger partial charge in [-0.2, -0.15) is 0 Å². The van der Waals surface area contributed by atoms with Crippen LogP contribution in [0.25, 0.3) is 0 Å². The van der Waals surface area contributed by atoms with Crippen molar-refractivity contribution in [2.45, 2.75) is 58.3 Å². The predicted octanol–water partition coefficient (Wildman–Crippen LogP) is 2.89. The Morgan fingerprint density at radius 2 is 1.87 bits per heavy atom. The number of rotatable bonds is 3. The molecule has 2 fully saturated rings. The zero-order valence-electron chi connectivity index (χ0n) is 17.8. The number of carbonyl (C=O) groups is 2. The monoisotopic (exact) mass is 450 g/mol. The number of aromatic hydroxyl groups is 2. The molecule has 0 spiro atoms. The molecule has 0 heterocycles. The number of aliphatic hydroxyl groups excluding tert-OH is 1. The SMILES string of the molecule is Cc1c(Cl)c(O)cc(O)c1C(=O)O[C@@H]1C[C@]2(C)[C@@H]3[C@H](C=C(C=O)[C@]12O)CC(C)(C)[C@@H]3O. The van der Waals surface area contributed by atoms with Gasteiger partial charge in [0, 0.05) is 23.0 Å². The lowest BCUT2D eigenvalue weighted by molar-refractivity contribution is -0.257. The lowest BCUT2D eigenvalue weighted by Crippen LogP contribution is -2.74. The van der Waals surface area contributed by atoms with Gasteiger partial charge in [0.1, 0.15) is 35.1 Å². The van der Waals surface area contributed by atoms with Crippen LogP contribution >= 0.6 is 11.6 Å². The standard InChI is InChI=1S/C23H27ClO7/c1-10-16(13(26)6-14(27)18(10)24)20(29)31-15-8-22(4)17-11(7-21(2,3)19(17)28)5-12(9-25)23(15,22)30/h5-6,9,11,15,17,19,26-28,30H,7-8H2,1-4H3/t11-,15-,17-,19-,22-,23+/m1/s1. The predicted molar refractivity (Wildman–Crippen MR) is 112 cm³/mol. The third-order valence-electron chi connectivity index (χ3n) is 7.92. The Balaban J connectivity index is 1.69. The third-order valence-corrected chi connectivity index (χ3v) is 8.40. The van der Waals surface area contributed by atoms with Crippen LogP contribution in [0, 0.1) is 29.6 Å². The van der Waals surface area contributed by atoms with Gasteiger partial charge in [0.15, 0.2) is 0 Å². The van der Waals surface area contributed by atoms with Crippen molar-refractivity contribution in [3.05, 3.63) is 33.9 Å². The molecule has 2 saturated carbocycles. The lowest BCUT2D eigenvalue weighted by atomic mass is 9.44. The van der Waals surface area contributed by atoms with E-state index in [9.17, 15) is 30.0 Å². The summed E-state index contributed by atoms with van der Waals surface area (Å²) in [6, 6.07) is 0.949. The number of benzene rings is 1. The van der Waals surface area contributed by atoms with E-state index in [0.717, 1.165) is 6.07 Å². The molecular weight excluding hydrogens is 424 g/mol. The number of hydrogen-bond acceptors (Lipinski definition) is 7. The molecule has 31 heavy (non-hydrogen) atoms. The van der Waals surface area contributed by atoms with Crippen LogP contribution < -0.4 is 0 Å². The molecule has 4 N–H and O–H groups in total. The first-order valence-corrected chi connectivity index (χ1v) is 10.7. The second-order valence-electron chi connectivity index (χ2n) is 10.1. The van der Waals surface area contributed by atoms with Crippen molar-refractivity contribution >= 4 is 23.9 Å². The summed E-state index contributed by atoms with van der Waals surface area (Å²) in [6.45, 7) is 7.19. The fraction of sp³-hybridized carbons (Fsp3) is 0.565. The highest BCUT2D eigenvalue weighted by atomic mass is 35.5. The summed E-state index contributed by atoms with van der Waals surface area (Å²) in [6.07, 6.45) is 1.51. The molecule has 4 rings (SSSR count). The molecule has 8 heteroatoms. The van der Waals surface area contributed by atoms with Crippen molar-refractivity contribution in [2.75, 3.05) is 0 Å². The summed E-state index contributed by atoms with van der Waals surface area (Å²) in [5.74, 6) is -2.14. The minimum atomic E-state index is -1.75. The molecule has 0 bridgehead atoms. The maximum Gasteiger partial charge on any atom is 0.342 e. The molecule has 6 atom stereocenters. The molecular formula is C23H27ClO7. The summed E-state index contributed by atoms with van der Waals surface area (Å²) in [4.78, 5) is 24.8. The summed E-state index contributed by atoms with van der Waals surface area (Å²) in [7, 11) is 0. The zero-order chi connectivity index (χ0) is 23.1. The number of phenols is 2. The molecule has 1 aromatic carbocycles. The van der Waals surface area contributed by atoms with Crippen LogP contribution in [0.5, 0.6) is 11.5 Å². The molecule has 0 saturated heterocycles. The van der Waals surface area contributed by atoms with Crippen molar-refractivity contribution in [3.8, 4) is 11.5 Å². The first-order chi connectivity index (χ1) is 14.3. The smallest absolute Gasteiger partial charge is 0.342 e. The molecule has 0 radical (unpaired) electrons. The summed E-state index contributed by atoms with van der Waals surface area (Å²) >= 11 is 5.99. The number of hydrogen-bond donors (Lipinski definition) is 4. The number of allylic oxidation sites excluding steroid dienone is 1. The Bertz CT molecular complexity index is 1020. The van der Waals surface area contributed by atoms with Crippen LogP contribution in [0.2, 0.25) is 5.02 Å². The minimum absolute atomic E-state index is 0.0608. The van der Waals surface area contributed by atoms with Crippen molar-refractivity contribution in [3.63, 3.8) is 0 Å². The van der Waals surface area contributed by atoms with Crippen LogP contribution in [0.15, 0.2) is 17.7 Å². The number of ether oxygens (including phenoxy) is 1. The Hall–Kier alpha value is -2.09. The van der Waals surface area contributed by atoms with Gasteiger partial charge in [-0.25, -0.2) is 4.79 Å². The molecule has 168 valence electrons. The van der Waals surface area contributed by atoms with E-state index in [1.807, 2.05) is 20.8 Å². The zero-order valence-corrected chi connectivity index (χ0v) is 18.6. The number of esters is 1. The van der Waals surface area contributed by atoms with Gasteiger partial charge in [0.25, 0.3) is 0 Å². The van der Waals surface area contributed by atoms with E-state index in [1.165, 1.54) is 6.92 Å². The number of phenolic OH excluding ortho intramolecular Hbond substituents is 2. The van der Waals surface area contributed by atoms with E-state index >= 15 is 0 Å². The molecule has 1 aromatic rings. The van der Waals surface area contributed by atoms with Crippen LogP contribution in [0.4, 0.5) is 0 Å². The van der Waals surface area contributed by atoms with E-state index in [1.54, 1.807) is 6.08 Å². The highest BCUT2D eigenvalue weighted by Gasteiger charge is 2.74. The molecule has 3 aliphatic rings. The maximum absolute atomic E-state index is 12.9. The van der Waals surface area contributed by atoms with Crippen molar-refractivity contribution in [1.29, 1.82) is 0 Å². The van der Waals surface area contributed by atoms with Crippen LogP contribution in [0.1, 0.15) is 49.5 Å². The Morgan fingerprint density at radius 1 is 1.23 bits per heavy atom. The largest absolute Gasteiger partial charge is 0.507 e. The Morgan fingerprint density at radius 3 is 2.48 bits per heavy atom. The van der Waals surface area contributed by atoms with Crippen LogP contribution in [-0.4, -0.2) is 50.5 Å². The van der Waals surface area contributed by atoms with Crippen molar-refractivity contribution in [1.82, 2.24) is 0 Å². The molecule has 0 aliphatic heterocycles. The summed E-state index contributed by atoms with van der Waals surface area (Å²) < 4.78 is 5.56. The van der Waals surface area contributed by atoms with Gasteiger partial charge in [-0.05, 0) is 36.7 Å². The highest BCUT2D eigenvalue weighted by Crippen LogP contribution is 2.68. The fourth-order valence-electron chi connectivity index (χ4n) is 6.21. The number of aliphatic hydroxyl groups is 2. The second-order valence-corrected chi connectivity index (χ2v) is 10.5. The Labute approximate surface area is 185 Å². The topological polar surface area (TPSA) is 124 Å². The average molecular weight is 451 g/mol. The maximum atomic E-state index is 12.9. The van der Waals surface area contributed by atoms with E-state index in [2.05, 4.69) is 0 Å². The van der Waals surface area contributed by atoms with E-state index in [0.29, 0.717) is 12.7 Å². The van der Waals surface area contributed by atoms with Crippen LogP contribution in [0.3, 0.4) is 0 Å². The quantitative estimate of drug-likeness (QED) is 0.412. The molecule has 0 unspecified atom stereocenters. The lowest BCUT2D eigenvalue weighted by Gasteiger charge is -2.64. The van der Waals surface area contributed by atoms with Crippen molar-refractivity contribution in [2.24, 2.45) is 22.7 Å². The van der Waals surface area contributed by atoms with Gasteiger partial charge in [0.05, 0.1) is 11.1 Å². The number of halogens is 1. The number of aldehydes is 1. The molecule has 0 aromatic heterocycles. The number of fused-ring (bicyclic) bond motifs is 3. The van der Waals surface area contributed by atoms with E-state index in [4.69, 9.17) is 16.3 Å². The van der Waals surface area contributed by atoms with Gasteiger partial charge in [-0.1, -0.05) is 38.4 Å². The molecule has 7 nitrogen and oxygen atoms in total.